The maximum absolute atomic E-state index is 11.5. The first-order valence-electron chi connectivity index (χ1n) is 6.58. The van der Waals surface area contributed by atoms with Gasteiger partial charge in [-0.2, -0.15) is 5.26 Å². The van der Waals surface area contributed by atoms with Crippen LogP contribution in [0.1, 0.15) is 31.6 Å². The normalized spacial score (nSPS) is 11.7. The molecule has 108 valence electrons. The van der Waals surface area contributed by atoms with Crippen LogP contribution in [0.5, 0.6) is 0 Å². The third kappa shape index (κ3) is 3.96. The van der Waals surface area contributed by atoms with Crippen LogP contribution in [0.25, 0.3) is 11.3 Å². The molecular formula is C16H14BrNO3. The maximum atomic E-state index is 11.5. The Labute approximate surface area is 131 Å². The van der Waals surface area contributed by atoms with Crippen LogP contribution in [-0.4, -0.2) is 5.97 Å². The first-order valence-corrected chi connectivity index (χ1v) is 7.38. The van der Waals surface area contributed by atoms with E-state index in [4.69, 9.17) is 14.4 Å². The fourth-order valence-electron chi connectivity index (χ4n) is 1.81. The molecule has 1 aromatic carbocycles. The summed E-state index contributed by atoms with van der Waals surface area (Å²) in [4.78, 5) is 11.5. The third-order valence-corrected chi connectivity index (χ3v) is 3.36. The zero-order valence-corrected chi connectivity index (χ0v) is 13.1. The number of hydrogen-bond donors (Lipinski definition) is 0. The summed E-state index contributed by atoms with van der Waals surface area (Å²) in [6.07, 6.45) is -0.0363. The molecule has 5 heteroatoms. The van der Waals surface area contributed by atoms with E-state index in [-0.39, 0.29) is 0 Å². The molecule has 0 saturated heterocycles. The van der Waals surface area contributed by atoms with E-state index in [2.05, 4.69) is 15.9 Å². The van der Waals surface area contributed by atoms with Crippen molar-refractivity contribution in [1.29, 1.82) is 5.26 Å². The molecule has 1 atom stereocenters. The van der Waals surface area contributed by atoms with Gasteiger partial charge in [0.05, 0.1) is 0 Å². The molecule has 1 aromatic heterocycles. The van der Waals surface area contributed by atoms with Crippen molar-refractivity contribution in [2.24, 2.45) is 0 Å². The average molecular weight is 348 g/mol. The van der Waals surface area contributed by atoms with Crippen molar-refractivity contribution in [2.75, 3.05) is 0 Å². The second-order valence-corrected chi connectivity index (χ2v) is 5.37. The number of halogens is 1. The van der Waals surface area contributed by atoms with E-state index in [0.717, 1.165) is 10.0 Å². The lowest BCUT2D eigenvalue weighted by Gasteiger charge is -2.07. The lowest BCUT2D eigenvalue weighted by molar-refractivity contribution is -0.147. The van der Waals surface area contributed by atoms with Crippen molar-refractivity contribution >= 4 is 21.9 Å². The highest BCUT2D eigenvalue weighted by Gasteiger charge is 2.19. The number of rotatable bonds is 5. The molecule has 0 N–H and O–H groups in total. The highest BCUT2D eigenvalue weighted by atomic mass is 79.9. The van der Waals surface area contributed by atoms with Crippen LogP contribution in [0, 0.1) is 11.3 Å². The minimum Gasteiger partial charge on any atom is -0.456 e. The molecule has 1 unspecified atom stereocenters. The number of esters is 1. The first-order chi connectivity index (χ1) is 10.1. The minimum atomic E-state index is -1.01. The molecule has 0 aliphatic rings. The number of furan rings is 1. The zero-order chi connectivity index (χ0) is 15.2. The number of benzene rings is 1. The summed E-state index contributed by atoms with van der Waals surface area (Å²) in [5, 5.41) is 9.12. The summed E-state index contributed by atoms with van der Waals surface area (Å²) >= 11 is 3.37. The number of ether oxygens (including phenoxy) is 1. The van der Waals surface area contributed by atoms with Crippen LogP contribution in [0.15, 0.2) is 45.3 Å². The lowest BCUT2D eigenvalue weighted by Crippen LogP contribution is -2.08. The van der Waals surface area contributed by atoms with E-state index in [1.807, 2.05) is 37.3 Å². The van der Waals surface area contributed by atoms with E-state index in [0.29, 0.717) is 24.4 Å². The van der Waals surface area contributed by atoms with Crippen molar-refractivity contribution in [1.82, 2.24) is 0 Å². The fraction of sp³-hybridized carbons (Fsp3) is 0.250. The van der Waals surface area contributed by atoms with Gasteiger partial charge in [-0.1, -0.05) is 35.0 Å². The van der Waals surface area contributed by atoms with Gasteiger partial charge in [0, 0.05) is 16.5 Å². The monoisotopic (exact) mass is 347 g/mol. The zero-order valence-electron chi connectivity index (χ0n) is 11.5. The second-order valence-electron chi connectivity index (χ2n) is 4.46. The molecule has 0 radical (unpaired) electrons. The summed E-state index contributed by atoms with van der Waals surface area (Å²) in [5.41, 5.74) is 0.890. The SMILES string of the molecule is CCCC(=O)OC(C#N)c1ccc(-c2ccc(Br)cc2)o1. The number of carbonyl (C=O) groups is 1. The van der Waals surface area contributed by atoms with Crippen LogP contribution in [0.3, 0.4) is 0 Å². The average Bonchev–Trinajstić information content (AvgIpc) is 2.95. The van der Waals surface area contributed by atoms with E-state index in [9.17, 15) is 4.79 Å². The van der Waals surface area contributed by atoms with E-state index < -0.39 is 12.1 Å². The largest absolute Gasteiger partial charge is 0.456 e. The maximum Gasteiger partial charge on any atom is 0.307 e. The lowest BCUT2D eigenvalue weighted by atomic mass is 10.2. The predicted molar refractivity (Wildman–Crippen MR) is 81.2 cm³/mol. The van der Waals surface area contributed by atoms with E-state index in [1.165, 1.54) is 0 Å². The molecule has 2 aromatic rings. The molecule has 0 fully saturated rings. The molecule has 0 saturated carbocycles. The molecule has 1 heterocycles. The predicted octanol–water partition coefficient (Wildman–Crippen LogP) is 4.62. The Kier molecular flexibility index (Phi) is 5.18. The number of nitrogens with zero attached hydrogens (tertiary/aromatic N) is 1. The fourth-order valence-corrected chi connectivity index (χ4v) is 2.07. The Bertz CT molecular complexity index is 655. The molecule has 21 heavy (non-hydrogen) atoms. The summed E-state index contributed by atoms with van der Waals surface area (Å²) < 4.78 is 11.7. The number of hydrogen-bond acceptors (Lipinski definition) is 4. The third-order valence-electron chi connectivity index (χ3n) is 2.83. The Morgan fingerprint density at radius 2 is 2.05 bits per heavy atom. The summed E-state index contributed by atoms with van der Waals surface area (Å²) in [6.45, 7) is 1.88. The summed E-state index contributed by atoms with van der Waals surface area (Å²) in [6, 6.07) is 13.0. The molecule has 0 aliphatic carbocycles. The van der Waals surface area contributed by atoms with Gasteiger partial charge < -0.3 is 9.15 Å². The summed E-state index contributed by atoms with van der Waals surface area (Å²) in [7, 11) is 0. The topological polar surface area (TPSA) is 63.2 Å². The van der Waals surface area contributed by atoms with Gasteiger partial charge in [0.25, 0.3) is 0 Å². The van der Waals surface area contributed by atoms with Gasteiger partial charge in [-0.15, -0.1) is 0 Å². The molecule has 2 rings (SSSR count). The van der Waals surface area contributed by atoms with Gasteiger partial charge in [-0.3, -0.25) is 4.79 Å². The van der Waals surface area contributed by atoms with Gasteiger partial charge in [0.2, 0.25) is 6.10 Å². The van der Waals surface area contributed by atoms with Gasteiger partial charge in [0.1, 0.15) is 11.8 Å². The van der Waals surface area contributed by atoms with Crippen molar-refractivity contribution < 1.29 is 13.9 Å². The van der Waals surface area contributed by atoms with Crippen molar-refractivity contribution in [2.45, 2.75) is 25.9 Å². The van der Waals surface area contributed by atoms with Crippen LogP contribution >= 0.6 is 15.9 Å². The van der Waals surface area contributed by atoms with Crippen molar-refractivity contribution in [3.8, 4) is 17.4 Å². The van der Waals surface area contributed by atoms with Crippen LogP contribution in [0.4, 0.5) is 0 Å². The molecule has 0 amide bonds. The van der Waals surface area contributed by atoms with Crippen LogP contribution < -0.4 is 0 Å². The van der Waals surface area contributed by atoms with Gasteiger partial charge in [0.15, 0.2) is 5.76 Å². The van der Waals surface area contributed by atoms with Crippen molar-refractivity contribution in [3.05, 3.63) is 46.6 Å². The number of carbonyl (C=O) groups excluding carboxylic acids is 1. The molecule has 0 aliphatic heterocycles. The molecule has 4 nitrogen and oxygen atoms in total. The first kappa shape index (κ1) is 15.3. The Hall–Kier alpha value is -2.06. The summed E-state index contributed by atoms with van der Waals surface area (Å²) in [5.74, 6) is 0.565. The highest BCUT2D eigenvalue weighted by molar-refractivity contribution is 9.10. The standard InChI is InChI=1S/C16H14BrNO3/c1-2-3-16(19)21-15(10-18)14-9-8-13(20-14)11-4-6-12(17)7-5-11/h4-9,15H,2-3H2,1H3. The number of nitriles is 1. The second kappa shape index (κ2) is 7.09. The van der Waals surface area contributed by atoms with E-state index in [1.54, 1.807) is 12.1 Å². The quantitative estimate of drug-likeness (QED) is 0.740. The van der Waals surface area contributed by atoms with Crippen LogP contribution in [-0.2, 0) is 9.53 Å². The minimum absolute atomic E-state index is 0.290. The van der Waals surface area contributed by atoms with Gasteiger partial charge in [-0.25, -0.2) is 0 Å². The van der Waals surface area contributed by atoms with Crippen molar-refractivity contribution in [3.63, 3.8) is 0 Å². The smallest absolute Gasteiger partial charge is 0.307 e. The molecular weight excluding hydrogens is 334 g/mol. The Morgan fingerprint density at radius 3 is 2.67 bits per heavy atom. The van der Waals surface area contributed by atoms with Crippen LogP contribution in [0.2, 0.25) is 0 Å². The van der Waals surface area contributed by atoms with Gasteiger partial charge >= 0.3 is 5.97 Å². The van der Waals surface area contributed by atoms with Gasteiger partial charge in [-0.05, 0) is 30.7 Å². The highest BCUT2D eigenvalue weighted by Crippen LogP contribution is 2.28. The Balaban J connectivity index is 2.16. The Morgan fingerprint density at radius 1 is 1.33 bits per heavy atom. The molecule has 0 bridgehead atoms. The molecule has 0 spiro atoms. The van der Waals surface area contributed by atoms with E-state index >= 15 is 0 Å².